The number of rotatable bonds is 5. The van der Waals surface area contributed by atoms with Crippen LogP contribution in [0.5, 0.6) is 0 Å². The Kier molecular flexibility index (Phi) is 5.16. The van der Waals surface area contributed by atoms with E-state index in [0.717, 1.165) is 30.6 Å². The molecule has 1 aliphatic heterocycles. The first kappa shape index (κ1) is 15.8. The summed E-state index contributed by atoms with van der Waals surface area (Å²) in [6, 6.07) is 8.91. The number of nitrogens with two attached hydrogens (primary N) is 1. The van der Waals surface area contributed by atoms with E-state index < -0.39 is 0 Å². The van der Waals surface area contributed by atoms with Crippen molar-refractivity contribution in [1.29, 1.82) is 0 Å². The van der Waals surface area contributed by atoms with Crippen molar-refractivity contribution in [2.24, 2.45) is 5.73 Å². The molecule has 2 atom stereocenters. The molecule has 3 rings (SSSR count). The predicted molar refractivity (Wildman–Crippen MR) is 93.8 cm³/mol. The lowest BCUT2D eigenvalue weighted by Gasteiger charge is -2.38. The second kappa shape index (κ2) is 7.49. The molecule has 0 amide bonds. The minimum Gasteiger partial charge on any atom is -0.323 e. The summed E-state index contributed by atoms with van der Waals surface area (Å²) in [6.07, 6.45) is 10.8. The van der Waals surface area contributed by atoms with E-state index >= 15 is 0 Å². The molecule has 1 aromatic carbocycles. The van der Waals surface area contributed by atoms with E-state index in [9.17, 15) is 0 Å². The van der Waals surface area contributed by atoms with Crippen molar-refractivity contribution in [3.05, 3.63) is 61.2 Å². The van der Waals surface area contributed by atoms with E-state index in [1.807, 2.05) is 18.5 Å². The first-order chi connectivity index (χ1) is 11.3. The largest absolute Gasteiger partial charge is 0.323 e. The Bertz CT molecular complexity index is 624. The maximum Gasteiger partial charge on any atom is 0.115 e. The molecule has 2 heterocycles. The van der Waals surface area contributed by atoms with Gasteiger partial charge in [-0.2, -0.15) is 0 Å². The van der Waals surface area contributed by atoms with Crippen LogP contribution >= 0.6 is 0 Å². The maximum absolute atomic E-state index is 6.58. The summed E-state index contributed by atoms with van der Waals surface area (Å²) >= 11 is 0. The summed E-state index contributed by atoms with van der Waals surface area (Å²) in [7, 11) is 0. The summed E-state index contributed by atoms with van der Waals surface area (Å²) in [4.78, 5) is 10.6. The molecule has 120 valence electrons. The van der Waals surface area contributed by atoms with Gasteiger partial charge in [0.25, 0.3) is 0 Å². The van der Waals surface area contributed by atoms with Gasteiger partial charge in [-0.3, -0.25) is 4.90 Å². The van der Waals surface area contributed by atoms with E-state index in [4.69, 9.17) is 5.73 Å². The number of nitrogens with zero attached hydrogens (tertiary/aromatic N) is 3. The second-order valence-corrected chi connectivity index (χ2v) is 6.12. The summed E-state index contributed by atoms with van der Waals surface area (Å²) in [5.41, 5.74) is 9.91. The van der Waals surface area contributed by atoms with E-state index in [-0.39, 0.29) is 6.04 Å². The van der Waals surface area contributed by atoms with E-state index in [1.54, 1.807) is 6.33 Å². The van der Waals surface area contributed by atoms with Crippen LogP contribution in [0.25, 0.3) is 11.1 Å². The molecule has 0 bridgehead atoms. The highest BCUT2D eigenvalue weighted by atomic mass is 15.2. The fourth-order valence-electron chi connectivity index (χ4n) is 3.38. The van der Waals surface area contributed by atoms with Crippen LogP contribution in [0.4, 0.5) is 0 Å². The van der Waals surface area contributed by atoms with Gasteiger partial charge in [0.15, 0.2) is 0 Å². The van der Waals surface area contributed by atoms with E-state index in [1.165, 1.54) is 18.4 Å². The quantitative estimate of drug-likeness (QED) is 0.862. The van der Waals surface area contributed by atoms with Crippen LogP contribution in [0, 0.1) is 0 Å². The average Bonchev–Trinajstić information content (AvgIpc) is 2.63. The smallest absolute Gasteiger partial charge is 0.115 e. The molecule has 0 unspecified atom stereocenters. The van der Waals surface area contributed by atoms with Crippen LogP contribution in [0.3, 0.4) is 0 Å². The Labute approximate surface area is 138 Å². The lowest BCUT2D eigenvalue weighted by atomic mass is 9.90. The Balaban J connectivity index is 1.76. The Morgan fingerprint density at radius 3 is 2.61 bits per heavy atom. The minimum absolute atomic E-state index is 0.0383. The molecule has 0 spiro atoms. The lowest BCUT2D eigenvalue weighted by Crippen LogP contribution is -2.45. The number of piperidine rings is 1. The van der Waals surface area contributed by atoms with Crippen LogP contribution in [0.2, 0.25) is 0 Å². The molecule has 1 saturated heterocycles. The summed E-state index contributed by atoms with van der Waals surface area (Å²) in [5, 5.41) is 0. The fraction of sp³-hybridized carbons (Fsp3) is 0.368. The van der Waals surface area contributed by atoms with Crippen LogP contribution in [0.1, 0.15) is 30.9 Å². The zero-order chi connectivity index (χ0) is 16.1. The van der Waals surface area contributed by atoms with Crippen LogP contribution in [-0.2, 0) is 0 Å². The van der Waals surface area contributed by atoms with Gasteiger partial charge in [0.05, 0.1) is 0 Å². The fourth-order valence-corrected chi connectivity index (χ4v) is 3.38. The summed E-state index contributed by atoms with van der Waals surface area (Å²) in [6.45, 7) is 5.90. The predicted octanol–water partition coefficient (Wildman–Crippen LogP) is 3.18. The first-order valence-electron chi connectivity index (χ1n) is 8.25. The van der Waals surface area contributed by atoms with Crippen molar-refractivity contribution in [2.45, 2.75) is 31.3 Å². The summed E-state index contributed by atoms with van der Waals surface area (Å²) < 4.78 is 0. The van der Waals surface area contributed by atoms with Gasteiger partial charge in [0.2, 0.25) is 0 Å². The van der Waals surface area contributed by atoms with E-state index in [0.29, 0.717) is 6.04 Å². The second-order valence-electron chi connectivity index (χ2n) is 6.12. The van der Waals surface area contributed by atoms with Gasteiger partial charge in [-0.1, -0.05) is 36.8 Å². The van der Waals surface area contributed by atoms with Gasteiger partial charge in [-0.05, 0) is 30.5 Å². The van der Waals surface area contributed by atoms with Crippen molar-refractivity contribution in [2.75, 3.05) is 13.1 Å². The van der Waals surface area contributed by atoms with Gasteiger partial charge in [0, 0.05) is 36.6 Å². The normalized spacial score (nSPS) is 20.1. The molecule has 0 saturated carbocycles. The third-order valence-corrected chi connectivity index (χ3v) is 4.63. The molecule has 1 aromatic heterocycles. The molecule has 2 N–H and O–H groups in total. The topological polar surface area (TPSA) is 55.0 Å². The zero-order valence-electron chi connectivity index (χ0n) is 13.4. The standard InChI is InChI=1S/C19H24N4/c1-2-10-23-11-4-3-5-18(23)19(20)16-8-6-15(7-9-16)17-12-21-14-22-13-17/h2,6-9,12-14,18-19H,1,3-5,10-11,20H2/t18-,19-/m0/s1. The van der Waals surface area contributed by atoms with Crippen molar-refractivity contribution in [3.8, 4) is 11.1 Å². The average molecular weight is 308 g/mol. The highest BCUT2D eigenvalue weighted by Crippen LogP contribution is 2.28. The zero-order valence-corrected chi connectivity index (χ0v) is 13.4. The van der Waals surface area contributed by atoms with Crippen LogP contribution in [0.15, 0.2) is 55.6 Å². The molecule has 2 aromatic rings. The third-order valence-electron chi connectivity index (χ3n) is 4.63. The Morgan fingerprint density at radius 1 is 1.17 bits per heavy atom. The molecular weight excluding hydrogens is 284 g/mol. The highest BCUT2D eigenvalue weighted by Gasteiger charge is 2.27. The number of hydrogen-bond acceptors (Lipinski definition) is 4. The van der Waals surface area contributed by atoms with Crippen molar-refractivity contribution in [1.82, 2.24) is 14.9 Å². The van der Waals surface area contributed by atoms with Gasteiger partial charge >= 0.3 is 0 Å². The number of benzene rings is 1. The van der Waals surface area contributed by atoms with Gasteiger partial charge in [0.1, 0.15) is 6.33 Å². The number of aromatic nitrogens is 2. The van der Waals surface area contributed by atoms with Crippen molar-refractivity contribution >= 4 is 0 Å². The monoisotopic (exact) mass is 308 g/mol. The van der Waals surface area contributed by atoms with Gasteiger partial charge in [-0.15, -0.1) is 6.58 Å². The number of hydrogen-bond donors (Lipinski definition) is 1. The molecule has 1 fully saturated rings. The molecule has 23 heavy (non-hydrogen) atoms. The van der Waals surface area contributed by atoms with E-state index in [2.05, 4.69) is 45.7 Å². The molecule has 0 radical (unpaired) electrons. The van der Waals surface area contributed by atoms with Crippen molar-refractivity contribution in [3.63, 3.8) is 0 Å². The molecule has 1 aliphatic rings. The molecular formula is C19H24N4. The maximum atomic E-state index is 6.58. The van der Waals surface area contributed by atoms with Crippen LogP contribution < -0.4 is 5.73 Å². The summed E-state index contributed by atoms with van der Waals surface area (Å²) in [5.74, 6) is 0. The van der Waals surface area contributed by atoms with Crippen LogP contribution in [-0.4, -0.2) is 34.0 Å². The van der Waals surface area contributed by atoms with Gasteiger partial charge < -0.3 is 5.73 Å². The van der Waals surface area contributed by atoms with Gasteiger partial charge in [-0.25, -0.2) is 9.97 Å². The Hall–Kier alpha value is -2.04. The molecule has 4 nitrogen and oxygen atoms in total. The number of likely N-dealkylation sites (tertiary alicyclic amines) is 1. The Morgan fingerprint density at radius 2 is 1.91 bits per heavy atom. The minimum atomic E-state index is 0.0383. The third kappa shape index (κ3) is 3.66. The lowest BCUT2D eigenvalue weighted by molar-refractivity contribution is 0.141. The van der Waals surface area contributed by atoms with Crippen molar-refractivity contribution < 1.29 is 0 Å². The SMILES string of the molecule is C=CCN1CCCC[C@H]1[C@@H](N)c1ccc(-c2cncnc2)cc1. The molecule has 4 heteroatoms. The molecule has 0 aliphatic carbocycles. The first-order valence-corrected chi connectivity index (χ1v) is 8.25. The highest BCUT2D eigenvalue weighted by molar-refractivity contribution is 5.61.